The molecular weight excluding hydrogens is 182 g/mol. The van der Waals surface area contributed by atoms with Crippen LogP contribution in [-0.2, 0) is 14.4 Å². The van der Waals surface area contributed by atoms with Crippen LogP contribution in [0.1, 0.15) is 20.8 Å². The van der Waals surface area contributed by atoms with E-state index in [0.29, 0.717) is 0 Å². The number of carboxylic acid groups (broad SMARTS) is 1. The van der Waals surface area contributed by atoms with E-state index in [4.69, 9.17) is 5.11 Å². The molecule has 0 aromatic heterocycles. The van der Waals surface area contributed by atoms with Crippen molar-refractivity contribution in [2.75, 3.05) is 0 Å². The molecule has 0 aromatic rings. The molecule has 2 N–H and O–H groups in total. The van der Waals surface area contributed by atoms with Gasteiger partial charge in [-0.05, 0) is 20.8 Å². The van der Waals surface area contributed by atoms with Gasteiger partial charge in [-0.1, -0.05) is 0 Å². The van der Waals surface area contributed by atoms with E-state index in [0.717, 1.165) is 0 Å². The highest BCUT2D eigenvalue weighted by molar-refractivity contribution is 5.60. The van der Waals surface area contributed by atoms with Gasteiger partial charge in [0.15, 0.2) is 0 Å². The number of ether oxygens (including phenoxy) is 1. The molecule has 0 fully saturated rings. The highest BCUT2D eigenvalue weighted by Gasteiger charge is 2.17. The topological polar surface area (TPSA) is 94.1 Å². The summed E-state index contributed by atoms with van der Waals surface area (Å²) in [7, 11) is 0. The van der Waals surface area contributed by atoms with E-state index in [9.17, 15) is 9.59 Å². The van der Waals surface area contributed by atoms with Crippen molar-refractivity contribution in [3.8, 4) is 0 Å². The Morgan fingerprint density at radius 3 is 2.15 bits per heavy atom. The summed E-state index contributed by atoms with van der Waals surface area (Å²) in [6, 6.07) is 0. The van der Waals surface area contributed by atoms with Crippen molar-refractivity contribution in [3.05, 3.63) is 0 Å². The molecule has 0 spiro atoms. The Bertz CT molecular complexity index is 196. The summed E-state index contributed by atoms with van der Waals surface area (Å²) in [5.41, 5.74) is 0.727. The number of hydrogen-bond acceptors (Lipinski definition) is 6. The smallest absolute Gasteiger partial charge is 0.448 e. The van der Waals surface area contributed by atoms with E-state index in [1.807, 2.05) is 0 Å². The molecule has 0 rings (SSSR count). The molecule has 0 amide bonds. The Hall–Kier alpha value is -1.50. The number of carbonyl (C=O) groups excluding carboxylic acids is 1. The monoisotopic (exact) mass is 193 g/mol. The van der Waals surface area contributed by atoms with Gasteiger partial charge in [0.2, 0.25) is 0 Å². The summed E-state index contributed by atoms with van der Waals surface area (Å²) in [4.78, 5) is 28.1. The molecule has 0 bridgehead atoms. The summed E-state index contributed by atoms with van der Waals surface area (Å²) >= 11 is 0. The quantitative estimate of drug-likeness (QED) is 0.500. The fourth-order valence-corrected chi connectivity index (χ4v) is 0.361. The Kier molecular flexibility index (Phi) is 3.99. The average molecular weight is 193 g/mol. The maximum absolute atomic E-state index is 10.7. The zero-order valence-corrected chi connectivity index (χ0v) is 7.49. The molecular formula is C6H11NO6. The van der Waals surface area contributed by atoms with Crippen LogP contribution in [-0.4, -0.2) is 23.0 Å². The van der Waals surface area contributed by atoms with Crippen molar-refractivity contribution < 1.29 is 29.1 Å². The molecule has 0 unspecified atom stereocenters. The zero-order valence-electron chi connectivity index (χ0n) is 7.49. The van der Waals surface area contributed by atoms with E-state index in [1.165, 1.54) is 5.64 Å². The first-order valence-corrected chi connectivity index (χ1v) is 3.36. The average Bonchev–Trinajstić information content (AvgIpc) is 1.81. The minimum atomic E-state index is -1.62. The van der Waals surface area contributed by atoms with E-state index in [2.05, 4.69) is 14.4 Å². The second-order valence-electron chi connectivity index (χ2n) is 3.02. The second kappa shape index (κ2) is 4.51. The summed E-state index contributed by atoms with van der Waals surface area (Å²) < 4.78 is 4.62. The van der Waals surface area contributed by atoms with E-state index in [-0.39, 0.29) is 0 Å². The SMILES string of the molecule is CC(C)(C)OC(=O)ONOC(=O)O. The Morgan fingerprint density at radius 1 is 1.23 bits per heavy atom. The first-order chi connectivity index (χ1) is 5.81. The summed E-state index contributed by atoms with van der Waals surface area (Å²) in [5.74, 6) is 0. The number of carbonyl (C=O) groups is 2. The van der Waals surface area contributed by atoms with Crippen LogP contribution in [0, 0.1) is 0 Å². The lowest BCUT2D eigenvalue weighted by molar-refractivity contribution is -0.131. The molecule has 0 heterocycles. The molecule has 7 heteroatoms. The van der Waals surface area contributed by atoms with Crippen LogP contribution in [0.3, 0.4) is 0 Å². The van der Waals surface area contributed by atoms with Crippen molar-refractivity contribution >= 4 is 12.3 Å². The molecule has 7 nitrogen and oxygen atoms in total. The van der Waals surface area contributed by atoms with E-state index >= 15 is 0 Å². The van der Waals surface area contributed by atoms with Gasteiger partial charge in [0.1, 0.15) is 5.60 Å². The van der Waals surface area contributed by atoms with E-state index in [1.54, 1.807) is 20.8 Å². The minimum absolute atomic E-state index is 0.706. The molecule has 0 aliphatic rings. The molecule has 0 saturated carbocycles. The van der Waals surface area contributed by atoms with Gasteiger partial charge in [-0.3, -0.25) is 0 Å². The predicted molar refractivity (Wildman–Crippen MR) is 39.6 cm³/mol. The lowest BCUT2D eigenvalue weighted by atomic mass is 10.2. The van der Waals surface area contributed by atoms with Gasteiger partial charge >= 0.3 is 12.3 Å². The van der Waals surface area contributed by atoms with Crippen LogP contribution >= 0.6 is 0 Å². The Labute approximate surface area is 74.5 Å². The molecule has 0 radical (unpaired) electrons. The molecule has 13 heavy (non-hydrogen) atoms. The zero-order chi connectivity index (χ0) is 10.5. The van der Waals surface area contributed by atoms with Crippen LogP contribution in [0.4, 0.5) is 9.59 Å². The first kappa shape index (κ1) is 11.5. The van der Waals surface area contributed by atoms with Gasteiger partial charge in [-0.25, -0.2) is 9.59 Å². The van der Waals surface area contributed by atoms with Crippen molar-refractivity contribution in [2.45, 2.75) is 26.4 Å². The molecule has 0 aliphatic heterocycles. The third-order valence-corrected chi connectivity index (χ3v) is 0.643. The molecule has 0 aromatic carbocycles. The van der Waals surface area contributed by atoms with Crippen molar-refractivity contribution in [3.63, 3.8) is 0 Å². The van der Waals surface area contributed by atoms with Crippen LogP contribution in [0.5, 0.6) is 0 Å². The largest absolute Gasteiger partial charge is 0.530 e. The Morgan fingerprint density at radius 2 is 1.77 bits per heavy atom. The van der Waals surface area contributed by atoms with Crippen LogP contribution in [0.2, 0.25) is 0 Å². The van der Waals surface area contributed by atoms with Crippen LogP contribution in [0.15, 0.2) is 0 Å². The molecule has 0 atom stereocenters. The first-order valence-electron chi connectivity index (χ1n) is 3.36. The highest BCUT2D eigenvalue weighted by atomic mass is 17.0. The molecule has 0 saturated heterocycles. The lowest BCUT2D eigenvalue weighted by Gasteiger charge is -2.17. The van der Waals surface area contributed by atoms with E-state index < -0.39 is 17.9 Å². The van der Waals surface area contributed by atoms with Crippen molar-refractivity contribution in [1.82, 2.24) is 5.64 Å². The lowest BCUT2D eigenvalue weighted by Crippen LogP contribution is -2.29. The van der Waals surface area contributed by atoms with Gasteiger partial charge in [0, 0.05) is 5.64 Å². The normalized spacial score (nSPS) is 10.4. The summed E-state index contributed by atoms with van der Waals surface area (Å²) in [6.45, 7) is 4.89. The molecule has 0 aliphatic carbocycles. The number of hydrogen-bond donors (Lipinski definition) is 2. The molecule has 76 valence electrons. The summed E-state index contributed by atoms with van der Waals surface area (Å²) in [5, 5.41) is 7.94. The van der Waals surface area contributed by atoms with Crippen LogP contribution in [0.25, 0.3) is 0 Å². The standard InChI is InChI=1S/C6H11NO6/c1-6(2,3)11-5(10)13-7-12-4(8)9/h7H,1-3H3,(H,8,9). The second-order valence-corrected chi connectivity index (χ2v) is 3.02. The van der Waals surface area contributed by atoms with Gasteiger partial charge in [-0.15, -0.1) is 0 Å². The number of rotatable bonds is 2. The maximum Gasteiger partial charge on any atom is 0.530 e. The third kappa shape index (κ3) is 8.41. The highest BCUT2D eigenvalue weighted by Crippen LogP contribution is 2.07. The minimum Gasteiger partial charge on any atom is -0.448 e. The predicted octanol–water partition coefficient (Wildman–Crippen LogP) is 1.05. The maximum atomic E-state index is 10.7. The third-order valence-electron chi connectivity index (χ3n) is 0.643. The van der Waals surface area contributed by atoms with Crippen molar-refractivity contribution in [2.24, 2.45) is 0 Å². The summed E-state index contributed by atoms with van der Waals surface area (Å²) in [6.07, 6.45) is -2.70. The van der Waals surface area contributed by atoms with Gasteiger partial charge in [0.25, 0.3) is 0 Å². The Balaban J connectivity index is 3.59. The fourth-order valence-electron chi connectivity index (χ4n) is 0.361. The van der Waals surface area contributed by atoms with Gasteiger partial charge in [0.05, 0.1) is 0 Å². The number of nitrogens with one attached hydrogen (secondary N) is 1. The van der Waals surface area contributed by atoms with Crippen molar-refractivity contribution in [1.29, 1.82) is 0 Å². The van der Waals surface area contributed by atoms with Gasteiger partial charge in [-0.2, -0.15) is 0 Å². The van der Waals surface area contributed by atoms with Crippen LogP contribution < -0.4 is 5.64 Å². The fraction of sp³-hybridized carbons (Fsp3) is 0.667. The van der Waals surface area contributed by atoms with Gasteiger partial charge < -0.3 is 19.5 Å².